The molecule has 27 heavy (non-hydrogen) atoms. The molecule has 2 aromatic rings. The van der Waals surface area contributed by atoms with E-state index in [9.17, 15) is 14.7 Å². The van der Waals surface area contributed by atoms with Gasteiger partial charge in [-0.15, -0.1) is 0 Å². The number of aliphatic imine (C=N–C) groups is 1. The van der Waals surface area contributed by atoms with Crippen molar-refractivity contribution < 1.29 is 19.4 Å². The van der Waals surface area contributed by atoms with E-state index >= 15 is 0 Å². The zero-order chi connectivity index (χ0) is 19.2. The molecule has 0 aromatic heterocycles. The molecule has 0 saturated heterocycles. The quantitative estimate of drug-likeness (QED) is 0.727. The first-order chi connectivity index (χ1) is 13.1. The minimum atomic E-state index is -0.647. The highest BCUT2D eigenvalue weighted by Crippen LogP contribution is 2.21. The van der Waals surface area contributed by atoms with Gasteiger partial charge in [-0.2, -0.15) is 0 Å². The van der Waals surface area contributed by atoms with Crippen LogP contribution in [0.2, 0.25) is 0 Å². The molecule has 2 aromatic carbocycles. The molecule has 0 spiro atoms. The predicted octanol–water partition coefficient (Wildman–Crippen LogP) is 3.62. The third-order valence-corrected chi connectivity index (χ3v) is 4.51. The van der Waals surface area contributed by atoms with E-state index in [1.165, 1.54) is 0 Å². The van der Waals surface area contributed by atoms with Gasteiger partial charge in [0.1, 0.15) is 11.3 Å². The number of aryl methyl sites for hydroxylation is 2. The number of carbonyl (C=O) groups excluding carboxylic acids is 2. The maximum Gasteiger partial charge on any atom is 0.284 e. The molecular weight excluding hydrogens is 342 g/mol. The van der Waals surface area contributed by atoms with Gasteiger partial charge in [0.15, 0.2) is 11.5 Å². The summed E-state index contributed by atoms with van der Waals surface area (Å²) in [7, 11) is 1.58. The van der Waals surface area contributed by atoms with E-state index in [1.807, 2.05) is 54.6 Å². The van der Waals surface area contributed by atoms with Crippen molar-refractivity contribution in [2.75, 3.05) is 7.11 Å². The minimum absolute atomic E-state index is 0.125. The van der Waals surface area contributed by atoms with Crippen LogP contribution in [0.1, 0.15) is 24.0 Å². The summed E-state index contributed by atoms with van der Waals surface area (Å²) in [5, 5.41) is 10.3. The fourth-order valence-electron chi connectivity index (χ4n) is 3.02. The highest BCUT2D eigenvalue weighted by molar-refractivity contribution is 6.30. The fraction of sp³-hybridized carbons (Fsp3) is 0.227. The van der Waals surface area contributed by atoms with Crippen molar-refractivity contribution in [3.63, 3.8) is 0 Å². The normalized spacial score (nSPS) is 13.7. The average Bonchev–Trinajstić information content (AvgIpc) is 2.99. The Morgan fingerprint density at radius 1 is 1.00 bits per heavy atom. The number of rotatable bonds is 8. The SMILES string of the molecule is COc1cccc(CCC(=O)C2=C(O)C(CCc3ccccc3)=NC2=O)c1. The molecule has 0 bridgehead atoms. The van der Waals surface area contributed by atoms with Gasteiger partial charge in [-0.05, 0) is 42.5 Å². The number of aliphatic hydroxyl groups is 1. The predicted molar refractivity (Wildman–Crippen MR) is 103 cm³/mol. The summed E-state index contributed by atoms with van der Waals surface area (Å²) < 4.78 is 5.17. The average molecular weight is 363 g/mol. The lowest BCUT2D eigenvalue weighted by Crippen LogP contribution is -2.12. The molecule has 1 aliphatic rings. The van der Waals surface area contributed by atoms with Crippen LogP contribution in [0.15, 0.2) is 70.9 Å². The van der Waals surface area contributed by atoms with Crippen molar-refractivity contribution in [2.45, 2.75) is 25.7 Å². The second-order valence-corrected chi connectivity index (χ2v) is 6.35. The van der Waals surface area contributed by atoms with E-state index in [4.69, 9.17) is 4.74 Å². The number of amides is 1. The first kappa shape index (κ1) is 18.6. The number of ether oxygens (including phenoxy) is 1. The summed E-state index contributed by atoms with van der Waals surface area (Å²) in [6.45, 7) is 0. The van der Waals surface area contributed by atoms with Gasteiger partial charge in [-0.3, -0.25) is 9.59 Å². The lowest BCUT2D eigenvalue weighted by molar-refractivity contribution is -0.120. The maximum absolute atomic E-state index is 12.5. The van der Waals surface area contributed by atoms with E-state index in [0.717, 1.165) is 11.1 Å². The topological polar surface area (TPSA) is 76.0 Å². The Morgan fingerprint density at radius 2 is 1.74 bits per heavy atom. The fourth-order valence-corrected chi connectivity index (χ4v) is 3.02. The lowest BCUT2D eigenvalue weighted by Gasteiger charge is -2.05. The molecule has 0 unspecified atom stereocenters. The minimum Gasteiger partial charge on any atom is -0.505 e. The van der Waals surface area contributed by atoms with Crippen LogP contribution in [0.25, 0.3) is 0 Å². The maximum atomic E-state index is 12.5. The number of hydrogen-bond acceptors (Lipinski definition) is 4. The summed E-state index contributed by atoms with van der Waals surface area (Å²) in [5.41, 5.74) is 2.10. The molecule has 0 fully saturated rings. The number of ketones is 1. The van der Waals surface area contributed by atoms with Crippen molar-refractivity contribution in [1.82, 2.24) is 0 Å². The third-order valence-electron chi connectivity index (χ3n) is 4.51. The first-order valence-corrected chi connectivity index (χ1v) is 8.84. The van der Waals surface area contributed by atoms with Gasteiger partial charge in [0.05, 0.1) is 12.8 Å². The molecule has 1 aliphatic heterocycles. The van der Waals surface area contributed by atoms with Crippen LogP contribution in [0.3, 0.4) is 0 Å². The molecule has 138 valence electrons. The Kier molecular flexibility index (Phi) is 5.81. The summed E-state index contributed by atoms with van der Waals surface area (Å²) in [6, 6.07) is 17.1. The summed E-state index contributed by atoms with van der Waals surface area (Å²) in [6.07, 6.45) is 1.63. The molecular formula is C22H21NO4. The van der Waals surface area contributed by atoms with E-state index < -0.39 is 11.7 Å². The number of aliphatic hydroxyl groups excluding tert-OH is 1. The molecule has 0 aliphatic carbocycles. The van der Waals surface area contributed by atoms with Crippen LogP contribution < -0.4 is 4.74 Å². The molecule has 1 N–H and O–H groups in total. The smallest absolute Gasteiger partial charge is 0.284 e. The van der Waals surface area contributed by atoms with Gasteiger partial charge in [0.25, 0.3) is 5.91 Å². The van der Waals surface area contributed by atoms with E-state index in [2.05, 4.69) is 4.99 Å². The Bertz CT molecular complexity index is 913. The monoisotopic (exact) mass is 363 g/mol. The summed E-state index contributed by atoms with van der Waals surface area (Å²) in [5.74, 6) is -0.595. The Hall–Kier alpha value is -3.21. The molecule has 0 saturated carbocycles. The van der Waals surface area contributed by atoms with Crippen molar-refractivity contribution in [3.05, 3.63) is 77.1 Å². The Balaban J connectivity index is 1.63. The summed E-state index contributed by atoms with van der Waals surface area (Å²) in [4.78, 5) is 28.5. The van der Waals surface area contributed by atoms with Gasteiger partial charge in [-0.1, -0.05) is 42.5 Å². The molecule has 0 atom stereocenters. The highest BCUT2D eigenvalue weighted by atomic mass is 16.5. The van der Waals surface area contributed by atoms with Crippen LogP contribution in [0, 0.1) is 0 Å². The standard InChI is InChI=1S/C22H21NO4/c1-27-17-9-5-8-16(14-17)11-13-19(24)20-21(25)18(23-22(20)26)12-10-15-6-3-2-4-7-15/h2-9,14,25H,10-13H2,1H3. The second-order valence-electron chi connectivity index (χ2n) is 6.35. The largest absolute Gasteiger partial charge is 0.505 e. The van der Waals surface area contributed by atoms with Crippen LogP contribution in [-0.4, -0.2) is 29.6 Å². The third kappa shape index (κ3) is 4.50. The van der Waals surface area contributed by atoms with Crippen molar-refractivity contribution >= 4 is 17.4 Å². The first-order valence-electron chi connectivity index (χ1n) is 8.84. The van der Waals surface area contributed by atoms with Crippen molar-refractivity contribution in [1.29, 1.82) is 0 Å². The number of carbonyl (C=O) groups is 2. The second kappa shape index (κ2) is 8.45. The number of benzene rings is 2. The van der Waals surface area contributed by atoms with Crippen LogP contribution in [0.5, 0.6) is 5.75 Å². The van der Waals surface area contributed by atoms with E-state index in [-0.39, 0.29) is 23.5 Å². The van der Waals surface area contributed by atoms with Gasteiger partial charge >= 0.3 is 0 Å². The van der Waals surface area contributed by atoms with Crippen molar-refractivity contribution in [3.8, 4) is 5.75 Å². The number of nitrogens with zero attached hydrogens (tertiary/aromatic N) is 1. The van der Waals surface area contributed by atoms with Gasteiger partial charge in [0, 0.05) is 6.42 Å². The molecule has 0 radical (unpaired) electrons. The van der Waals surface area contributed by atoms with Crippen molar-refractivity contribution in [2.24, 2.45) is 4.99 Å². The zero-order valence-corrected chi connectivity index (χ0v) is 15.1. The van der Waals surface area contributed by atoms with Gasteiger partial charge in [-0.25, -0.2) is 4.99 Å². The lowest BCUT2D eigenvalue weighted by atomic mass is 10.00. The summed E-state index contributed by atoms with van der Waals surface area (Å²) >= 11 is 0. The number of Topliss-reactive ketones (excluding diaryl/α,β-unsaturated/α-hetero) is 1. The van der Waals surface area contributed by atoms with E-state index in [1.54, 1.807) is 7.11 Å². The zero-order valence-electron chi connectivity index (χ0n) is 15.1. The highest BCUT2D eigenvalue weighted by Gasteiger charge is 2.31. The number of methoxy groups -OCH3 is 1. The van der Waals surface area contributed by atoms with Gasteiger partial charge in [0.2, 0.25) is 0 Å². The molecule has 1 amide bonds. The van der Waals surface area contributed by atoms with E-state index in [0.29, 0.717) is 25.0 Å². The molecule has 3 rings (SSSR count). The molecule has 1 heterocycles. The molecule has 5 heteroatoms. The van der Waals surface area contributed by atoms with Gasteiger partial charge < -0.3 is 9.84 Å². The van der Waals surface area contributed by atoms with Crippen LogP contribution >= 0.6 is 0 Å². The Morgan fingerprint density at radius 3 is 2.48 bits per heavy atom. The van der Waals surface area contributed by atoms with Crippen LogP contribution in [-0.2, 0) is 22.4 Å². The molecule has 5 nitrogen and oxygen atoms in total. The number of hydrogen-bond donors (Lipinski definition) is 1. The number of allylic oxidation sites excluding steroid dienone is 1. The van der Waals surface area contributed by atoms with Crippen LogP contribution in [0.4, 0.5) is 0 Å². The Labute approximate surface area is 158 Å².